The van der Waals surface area contributed by atoms with E-state index in [0.717, 1.165) is 18.2 Å². The van der Waals surface area contributed by atoms with Gasteiger partial charge in [0.05, 0.1) is 0 Å². The molecule has 1 aliphatic rings. The van der Waals surface area contributed by atoms with E-state index in [9.17, 15) is 70.2 Å². The van der Waals surface area contributed by atoms with Crippen LogP contribution in [0.5, 0.6) is 0 Å². The van der Waals surface area contributed by atoms with Crippen molar-refractivity contribution in [1.29, 1.82) is 0 Å². The van der Waals surface area contributed by atoms with Gasteiger partial charge in [-0.1, -0.05) is 18.2 Å². The largest absolute Gasteiger partial charge is 0.485 e. The Labute approximate surface area is 182 Å². The van der Waals surface area contributed by atoms with Crippen molar-refractivity contribution in [3.63, 3.8) is 0 Å². The molecule has 196 valence electrons. The molecule has 0 radical (unpaired) electrons. The molecular formula is C17H11F16S+. The molecule has 17 heteroatoms. The van der Waals surface area contributed by atoms with Gasteiger partial charge in [0.2, 0.25) is 0 Å². The Kier molecular flexibility index (Phi) is 6.96. The van der Waals surface area contributed by atoms with Crippen molar-refractivity contribution in [2.24, 2.45) is 0 Å². The quantitative estimate of drug-likeness (QED) is 0.236. The van der Waals surface area contributed by atoms with Gasteiger partial charge in [0.25, 0.3) is 0 Å². The van der Waals surface area contributed by atoms with Gasteiger partial charge in [-0.25, -0.2) is 8.78 Å². The summed E-state index contributed by atoms with van der Waals surface area (Å²) in [7, 11) is -3.35. The lowest BCUT2D eigenvalue weighted by Gasteiger charge is -2.42. The number of hydrogen-bond donors (Lipinski definition) is 0. The van der Waals surface area contributed by atoms with Crippen LogP contribution >= 0.6 is 0 Å². The molecule has 0 N–H and O–H groups in total. The zero-order valence-electron chi connectivity index (χ0n) is 16.0. The van der Waals surface area contributed by atoms with Crippen LogP contribution in [0.1, 0.15) is 12.0 Å². The number of aryl methyl sites for hydroxylation is 1. The summed E-state index contributed by atoms with van der Waals surface area (Å²) in [5.41, 5.74) is -0.101. The number of halogens is 16. The monoisotopic (exact) mass is 551 g/mol. The number of fused-ring (bicyclic) bond motifs is 1. The Bertz CT molecular complexity index is 893. The molecule has 0 fully saturated rings. The van der Waals surface area contributed by atoms with E-state index >= 15 is 0 Å². The minimum absolute atomic E-state index is 0.0408. The summed E-state index contributed by atoms with van der Waals surface area (Å²) in [5.74, 6) is -48.9. The predicted molar refractivity (Wildman–Crippen MR) is 85.9 cm³/mol. The fraction of sp³-hybridized carbons (Fsp3) is 0.647. The highest BCUT2D eigenvalue weighted by Gasteiger charge is 2.95. The molecule has 0 spiro atoms. The summed E-state index contributed by atoms with van der Waals surface area (Å²) >= 11 is 0. The minimum atomic E-state index is -8.35. The van der Waals surface area contributed by atoms with Crippen molar-refractivity contribution >= 4 is 10.9 Å². The minimum Gasteiger partial charge on any atom is -0.203 e. The number of alkyl halides is 16. The Hall–Kier alpha value is -1.55. The molecular weight excluding hydrogens is 540 g/mol. The van der Waals surface area contributed by atoms with Gasteiger partial charge in [-0.3, -0.25) is 0 Å². The second-order valence-electron chi connectivity index (χ2n) is 7.12. The Morgan fingerprint density at radius 1 is 0.618 bits per heavy atom. The molecule has 1 aromatic carbocycles. The Balaban J connectivity index is 2.62. The lowest BCUT2D eigenvalue weighted by Crippen LogP contribution is -2.74. The van der Waals surface area contributed by atoms with Gasteiger partial charge in [-0.2, -0.15) is 52.7 Å². The molecule has 1 aliphatic heterocycles. The van der Waals surface area contributed by atoms with Crippen LogP contribution in [-0.2, 0) is 17.3 Å². The second kappa shape index (κ2) is 8.25. The first-order chi connectivity index (χ1) is 15.0. The van der Waals surface area contributed by atoms with E-state index in [-0.39, 0.29) is 18.4 Å². The number of rotatable bonds is 8. The molecule has 34 heavy (non-hydrogen) atoms. The van der Waals surface area contributed by atoms with Crippen LogP contribution in [-0.4, -0.2) is 53.0 Å². The molecule has 0 aliphatic carbocycles. The standard InChI is InChI=1S/C17H11F16S/c18-10(19)11(20,21)12(22,23)13(24,25)14(26,27)15(28,29)16(30,31)17(32,33)34-7-3-5-8-4-1-2-6-9(8)34/h1-2,4,6,10H,3,5,7H2/q+1. The second-order valence-corrected chi connectivity index (χ2v) is 9.26. The van der Waals surface area contributed by atoms with E-state index in [1.165, 1.54) is 6.07 Å². The fourth-order valence-electron chi connectivity index (χ4n) is 3.01. The van der Waals surface area contributed by atoms with Crippen LogP contribution in [0.3, 0.4) is 0 Å². The summed E-state index contributed by atoms with van der Waals surface area (Å²) in [6.07, 6.45) is -6.26. The van der Waals surface area contributed by atoms with Crippen molar-refractivity contribution in [3.05, 3.63) is 29.8 Å². The first-order valence-electron chi connectivity index (χ1n) is 8.75. The highest BCUT2D eigenvalue weighted by molar-refractivity contribution is 7.98. The number of benzene rings is 1. The van der Waals surface area contributed by atoms with Gasteiger partial charge in [0, 0.05) is 5.56 Å². The number of hydrogen-bond acceptors (Lipinski definition) is 0. The van der Waals surface area contributed by atoms with Gasteiger partial charge in [0.1, 0.15) is 16.6 Å². The van der Waals surface area contributed by atoms with E-state index < -0.39 is 68.8 Å². The summed E-state index contributed by atoms with van der Waals surface area (Å²) in [5, 5.41) is -6.28. The lowest BCUT2D eigenvalue weighted by atomic mass is 9.91. The maximum Gasteiger partial charge on any atom is 0.485 e. The van der Waals surface area contributed by atoms with Gasteiger partial charge in [-0.05, 0) is 18.9 Å². The fourth-order valence-corrected chi connectivity index (χ4v) is 5.36. The van der Waals surface area contributed by atoms with Crippen LogP contribution in [0.2, 0.25) is 0 Å². The highest BCUT2D eigenvalue weighted by Crippen LogP contribution is 2.64. The van der Waals surface area contributed by atoms with Crippen LogP contribution < -0.4 is 0 Å². The molecule has 0 saturated heterocycles. The molecule has 0 bridgehead atoms. The van der Waals surface area contributed by atoms with E-state index in [1.54, 1.807) is 0 Å². The summed E-state index contributed by atoms with van der Waals surface area (Å²) in [6, 6.07) is 4.03. The average Bonchev–Trinajstić information content (AvgIpc) is 2.72. The normalized spacial score (nSPS) is 19.4. The van der Waals surface area contributed by atoms with Crippen LogP contribution in [0, 0.1) is 0 Å². The SMILES string of the molecule is FC(F)C(F)(F)C(F)(F)C(F)(F)C(F)(F)C(F)(F)C(F)(F)C(F)(F)[S+]1CCCc2ccccc21. The molecule has 2 rings (SSSR count). The smallest absolute Gasteiger partial charge is 0.203 e. The predicted octanol–water partition coefficient (Wildman–Crippen LogP) is 7.28. The molecule has 0 nitrogen and oxygen atoms in total. The third kappa shape index (κ3) is 3.62. The molecule has 1 unspecified atom stereocenters. The van der Waals surface area contributed by atoms with Gasteiger partial charge >= 0.3 is 47.2 Å². The summed E-state index contributed by atoms with van der Waals surface area (Å²) < 4.78 is 217. The van der Waals surface area contributed by atoms with Crippen molar-refractivity contribution in [1.82, 2.24) is 0 Å². The summed E-state index contributed by atoms with van der Waals surface area (Å²) in [4.78, 5) is -0.723. The van der Waals surface area contributed by atoms with Crippen molar-refractivity contribution in [3.8, 4) is 0 Å². The zero-order valence-corrected chi connectivity index (χ0v) is 16.8. The Morgan fingerprint density at radius 3 is 1.56 bits per heavy atom. The van der Waals surface area contributed by atoms with Gasteiger partial charge in [-0.15, -0.1) is 8.78 Å². The maximum atomic E-state index is 14.6. The third-order valence-electron chi connectivity index (χ3n) is 4.98. The van der Waals surface area contributed by atoms with Crippen molar-refractivity contribution in [2.45, 2.75) is 65.0 Å². The average molecular weight is 551 g/mol. The molecule has 0 aromatic heterocycles. The topological polar surface area (TPSA) is 0 Å². The van der Waals surface area contributed by atoms with Crippen molar-refractivity contribution < 1.29 is 70.2 Å². The van der Waals surface area contributed by atoms with Crippen LogP contribution in [0.4, 0.5) is 70.2 Å². The highest BCUT2D eigenvalue weighted by atomic mass is 32.2. The molecule has 1 aromatic rings. The van der Waals surface area contributed by atoms with E-state index in [0.29, 0.717) is 0 Å². The van der Waals surface area contributed by atoms with Crippen LogP contribution in [0.15, 0.2) is 29.2 Å². The van der Waals surface area contributed by atoms with Gasteiger partial charge in [0.15, 0.2) is 4.90 Å². The molecule has 0 amide bonds. The molecule has 1 atom stereocenters. The molecule has 0 saturated carbocycles. The summed E-state index contributed by atoms with van der Waals surface area (Å²) in [6.45, 7) is 0. The Morgan fingerprint density at radius 2 is 1.06 bits per heavy atom. The van der Waals surface area contributed by atoms with E-state index in [2.05, 4.69) is 0 Å². The van der Waals surface area contributed by atoms with E-state index in [4.69, 9.17) is 0 Å². The molecule has 1 heterocycles. The lowest BCUT2D eigenvalue weighted by molar-refractivity contribution is -0.441. The third-order valence-corrected chi connectivity index (χ3v) is 7.48. The van der Waals surface area contributed by atoms with Crippen LogP contribution in [0.25, 0.3) is 0 Å². The first kappa shape index (κ1) is 28.7. The first-order valence-corrected chi connectivity index (χ1v) is 10.1. The van der Waals surface area contributed by atoms with E-state index in [1.807, 2.05) is 0 Å². The maximum absolute atomic E-state index is 14.6. The zero-order chi connectivity index (χ0) is 26.8. The van der Waals surface area contributed by atoms with Crippen molar-refractivity contribution in [2.75, 3.05) is 5.75 Å². The van der Waals surface area contributed by atoms with Gasteiger partial charge < -0.3 is 0 Å².